The van der Waals surface area contributed by atoms with Crippen LogP contribution in [0.25, 0.3) is 11.2 Å². The standard InChI is InChI=1S/C15H23ClN4/c1-4-12-14-15(19(3)18-12)20(13(17-14)7-8-16)10(2)9-11-5-6-11/h10-11H,4-9H2,1-3H3. The van der Waals surface area contributed by atoms with Crippen LogP contribution < -0.4 is 0 Å². The van der Waals surface area contributed by atoms with E-state index in [-0.39, 0.29) is 0 Å². The summed E-state index contributed by atoms with van der Waals surface area (Å²) in [5, 5.41) is 4.61. The van der Waals surface area contributed by atoms with Gasteiger partial charge in [-0.25, -0.2) is 4.98 Å². The van der Waals surface area contributed by atoms with E-state index in [9.17, 15) is 0 Å². The average Bonchev–Trinajstić information content (AvgIpc) is 3.06. The fraction of sp³-hybridized carbons (Fsp3) is 0.733. The van der Waals surface area contributed by atoms with Crippen molar-refractivity contribution >= 4 is 22.8 Å². The molecule has 1 aliphatic rings. The predicted molar refractivity (Wildman–Crippen MR) is 82.4 cm³/mol. The Morgan fingerprint density at radius 3 is 2.75 bits per heavy atom. The van der Waals surface area contributed by atoms with Gasteiger partial charge in [0.15, 0.2) is 5.65 Å². The zero-order valence-corrected chi connectivity index (χ0v) is 13.3. The summed E-state index contributed by atoms with van der Waals surface area (Å²) in [5.74, 6) is 2.64. The first kappa shape index (κ1) is 13.9. The van der Waals surface area contributed by atoms with Crippen molar-refractivity contribution in [2.75, 3.05) is 5.88 Å². The third-order valence-electron chi connectivity index (χ3n) is 4.27. The van der Waals surface area contributed by atoms with Crippen LogP contribution in [0.3, 0.4) is 0 Å². The van der Waals surface area contributed by atoms with Gasteiger partial charge in [0.2, 0.25) is 0 Å². The number of nitrogens with zero attached hydrogens (tertiary/aromatic N) is 4. The minimum Gasteiger partial charge on any atom is -0.310 e. The summed E-state index contributed by atoms with van der Waals surface area (Å²) in [7, 11) is 2.02. The highest BCUT2D eigenvalue weighted by Crippen LogP contribution is 2.38. The van der Waals surface area contributed by atoms with Crippen molar-refractivity contribution in [3.05, 3.63) is 11.5 Å². The lowest BCUT2D eigenvalue weighted by Gasteiger charge is -2.17. The van der Waals surface area contributed by atoms with Crippen LogP contribution in [0.4, 0.5) is 0 Å². The molecular formula is C15H23ClN4. The van der Waals surface area contributed by atoms with Crippen molar-refractivity contribution in [2.24, 2.45) is 13.0 Å². The fourth-order valence-corrected chi connectivity index (χ4v) is 3.32. The largest absolute Gasteiger partial charge is 0.310 e. The van der Waals surface area contributed by atoms with Crippen molar-refractivity contribution in [1.29, 1.82) is 0 Å². The number of hydrogen-bond donors (Lipinski definition) is 0. The van der Waals surface area contributed by atoms with Gasteiger partial charge in [0.25, 0.3) is 0 Å². The minimum atomic E-state index is 0.478. The van der Waals surface area contributed by atoms with Gasteiger partial charge in [-0.3, -0.25) is 4.68 Å². The first-order chi connectivity index (χ1) is 9.65. The summed E-state index contributed by atoms with van der Waals surface area (Å²) in [4.78, 5) is 4.84. The van der Waals surface area contributed by atoms with Gasteiger partial charge in [-0.2, -0.15) is 5.10 Å². The number of fused-ring (bicyclic) bond motifs is 1. The summed E-state index contributed by atoms with van der Waals surface area (Å²) in [5.41, 5.74) is 3.32. The molecule has 0 radical (unpaired) electrons. The maximum atomic E-state index is 5.96. The van der Waals surface area contributed by atoms with Crippen LogP contribution in [0.2, 0.25) is 0 Å². The van der Waals surface area contributed by atoms with E-state index < -0.39 is 0 Å². The lowest BCUT2D eigenvalue weighted by atomic mass is 10.1. The van der Waals surface area contributed by atoms with E-state index >= 15 is 0 Å². The number of aromatic nitrogens is 4. The van der Waals surface area contributed by atoms with Crippen molar-refractivity contribution in [3.8, 4) is 0 Å². The van der Waals surface area contributed by atoms with E-state index in [0.29, 0.717) is 11.9 Å². The highest BCUT2D eigenvalue weighted by molar-refractivity contribution is 6.17. The molecule has 3 rings (SSSR count). The zero-order chi connectivity index (χ0) is 14.3. The van der Waals surface area contributed by atoms with Gasteiger partial charge in [0.1, 0.15) is 11.3 Å². The number of hydrogen-bond acceptors (Lipinski definition) is 2. The monoisotopic (exact) mass is 294 g/mol. The van der Waals surface area contributed by atoms with Gasteiger partial charge in [-0.15, -0.1) is 11.6 Å². The normalized spacial score (nSPS) is 17.0. The number of halogens is 1. The highest BCUT2D eigenvalue weighted by Gasteiger charge is 2.27. The number of aryl methyl sites for hydroxylation is 3. The summed E-state index contributed by atoms with van der Waals surface area (Å²) in [6.45, 7) is 4.44. The van der Waals surface area contributed by atoms with Gasteiger partial charge < -0.3 is 4.57 Å². The lowest BCUT2D eigenvalue weighted by molar-refractivity contribution is 0.465. The first-order valence-corrected chi connectivity index (χ1v) is 8.17. The SMILES string of the molecule is CCc1nn(C)c2c1nc(CCCl)n2C(C)CC1CC1. The summed E-state index contributed by atoms with van der Waals surface area (Å²) in [6, 6.07) is 0.478. The molecule has 0 saturated heterocycles. The first-order valence-electron chi connectivity index (χ1n) is 7.64. The number of rotatable bonds is 6. The molecule has 0 bridgehead atoms. The molecule has 0 spiro atoms. The second kappa shape index (κ2) is 5.40. The summed E-state index contributed by atoms with van der Waals surface area (Å²) >= 11 is 5.96. The number of alkyl halides is 1. The molecule has 5 heteroatoms. The molecule has 0 aliphatic heterocycles. The van der Waals surface area contributed by atoms with E-state index in [1.54, 1.807) is 0 Å². The molecule has 0 amide bonds. The molecule has 2 aromatic rings. The Bertz CT molecular complexity index is 609. The van der Waals surface area contributed by atoms with Crippen molar-refractivity contribution < 1.29 is 0 Å². The Labute approximate surface area is 125 Å². The molecule has 1 atom stereocenters. The van der Waals surface area contributed by atoms with Gasteiger partial charge in [0.05, 0.1) is 5.69 Å². The smallest absolute Gasteiger partial charge is 0.158 e. The average molecular weight is 295 g/mol. The molecule has 0 aromatic carbocycles. The Balaban J connectivity index is 2.09. The van der Waals surface area contributed by atoms with Crippen molar-refractivity contribution in [2.45, 2.75) is 52.0 Å². The van der Waals surface area contributed by atoms with Gasteiger partial charge in [-0.1, -0.05) is 19.8 Å². The quantitative estimate of drug-likeness (QED) is 0.765. The van der Waals surface area contributed by atoms with Gasteiger partial charge >= 0.3 is 0 Å². The maximum absolute atomic E-state index is 5.96. The molecule has 4 nitrogen and oxygen atoms in total. The van der Waals surface area contributed by atoms with Gasteiger partial charge in [0, 0.05) is 25.4 Å². The molecule has 1 aliphatic carbocycles. The van der Waals surface area contributed by atoms with E-state index in [1.807, 2.05) is 11.7 Å². The van der Waals surface area contributed by atoms with E-state index in [0.717, 1.165) is 41.4 Å². The van der Waals surface area contributed by atoms with Crippen LogP contribution in [0.1, 0.15) is 50.7 Å². The highest BCUT2D eigenvalue weighted by atomic mass is 35.5. The second-order valence-electron chi connectivity index (χ2n) is 5.96. The van der Waals surface area contributed by atoms with E-state index in [2.05, 4.69) is 23.5 Å². The lowest BCUT2D eigenvalue weighted by Crippen LogP contribution is -2.13. The molecule has 2 aromatic heterocycles. The molecule has 1 fully saturated rings. The Morgan fingerprint density at radius 1 is 1.40 bits per heavy atom. The second-order valence-corrected chi connectivity index (χ2v) is 6.34. The van der Waals surface area contributed by atoms with Crippen LogP contribution >= 0.6 is 11.6 Å². The molecule has 1 saturated carbocycles. The zero-order valence-electron chi connectivity index (χ0n) is 12.6. The third kappa shape index (κ3) is 2.34. The Kier molecular flexibility index (Phi) is 3.76. The molecule has 20 heavy (non-hydrogen) atoms. The minimum absolute atomic E-state index is 0.478. The van der Waals surface area contributed by atoms with Crippen molar-refractivity contribution in [1.82, 2.24) is 19.3 Å². The molecule has 1 unspecified atom stereocenters. The Morgan fingerprint density at radius 2 is 2.15 bits per heavy atom. The van der Waals surface area contributed by atoms with Crippen LogP contribution in [-0.4, -0.2) is 25.2 Å². The van der Waals surface area contributed by atoms with Gasteiger partial charge in [-0.05, 0) is 25.7 Å². The maximum Gasteiger partial charge on any atom is 0.158 e. The summed E-state index contributed by atoms with van der Waals surface area (Å²) in [6.07, 6.45) is 5.77. The molecule has 2 heterocycles. The fourth-order valence-electron chi connectivity index (χ4n) is 3.15. The summed E-state index contributed by atoms with van der Waals surface area (Å²) < 4.78 is 4.37. The topological polar surface area (TPSA) is 35.6 Å². The predicted octanol–water partition coefficient (Wildman–Crippen LogP) is 3.47. The molecule has 110 valence electrons. The van der Waals surface area contributed by atoms with Crippen LogP contribution in [-0.2, 0) is 19.9 Å². The molecule has 0 N–H and O–H groups in total. The van der Waals surface area contributed by atoms with Crippen LogP contribution in [0.15, 0.2) is 0 Å². The third-order valence-corrected chi connectivity index (χ3v) is 4.46. The van der Waals surface area contributed by atoms with Crippen molar-refractivity contribution in [3.63, 3.8) is 0 Å². The van der Waals surface area contributed by atoms with E-state index in [1.165, 1.54) is 19.3 Å². The molecular weight excluding hydrogens is 272 g/mol. The van der Waals surface area contributed by atoms with E-state index in [4.69, 9.17) is 16.6 Å². The van der Waals surface area contributed by atoms with Crippen LogP contribution in [0.5, 0.6) is 0 Å². The Hall–Kier alpha value is -1.03. The van der Waals surface area contributed by atoms with Crippen LogP contribution in [0, 0.1) is 5.92 Å². The number of imidazole rings is 1.